The smallest absolute Gasteiger partial charge is 0.434 e. The van der Waals surface area contributed by atoms with Crippen molar-refractivity contribution in [3.8, 4) is 5.75 Å². The number of benzene rings is 1. The lowest BCUT2D eigenvalue weighted by Gasteiger charge is -2.14. The highest BCUT2D eigenvalue weighted by Crippen LogP contribution is 2.31. The number of ether oxygens (including phenoxy) is 1. The van der Waals surface area contributed by atoms with Gasteiger partial charge in [0, 0.05) is 35.9 Å². The van der Waals surface area contributed by atoms with Crippen molar-refractivity contribution < 1.29 is 17.9 Å². The number of rotatable bonds is 5. The minimum absolute atomic E-state index is 0.0731. The Morgan fingerprint density at radius 1 is 1.44 bits per heavy atom. The van der Waals surface area contributed by atoms with E-state index in [-0.39, 0.29) is 17.9 Å². The Hall–Kier alpha value is -0.700. The van der Waals surface area contributed by atoms with Crippen LogP contribution in [0.15, 0.2) is 41.3 Å². The van der Waals surface area contributed by atoms with Gasteiger partial charge < -0.3 is 4.74 Å². The molecule has 0 saturated carbocycles. The highest BCUT2D eigenvalue weighted by Gasteiger charge is 2.38. The van der Waals surface area contributed by atoms with E-state index in [1.807, 2.05) is 0 Å². The summed E-state index contributed by atoms with van der Waals surface area (Å²) in [4.78, 5) is 0. The molecule has 1 aromatic rings. The summed E-state index contributed by atoms with van der Waals surface area (Å²) in [5.74, 6) is 0.138. The van der Waals surface area contributed by atoms with Gasteiger partial charge in [-0.05, 0) is 12.1 Å². The second-order valence-corrected chi connectivity index (χ2v) is 4.60. The molecule has 0 radical (unpaired) electrons. The van der Waals surface area contributed by atoms with Gasteiger partial charge >= 0.3 is 6.18 Å². The molecular weight excluding hydrogens is 378 g/mol. The average molecular weight is 387 g/mol. The SMILES string of the molecule is C=CCOc1ccccc1C(=NSI)C(F)(F)F. The van der Waals surface area contributed by atoms with Gasteiger partial charge in [-0.2, -0.15) is 17.6 Å². The first-order valence-electron chi connectivity index (χ1n) is 4.76. The lowest BCUT2D eigenvalue weighted by molar-refractivity contribution is -0.0578. The molecule has 0 aromatic heterocycles. The Morgan fingerprint density at radius 2 is 2.11 bits per heavy atom. The van der Waals surface area contributed by atoms with E-state index in [9.17, 15) is 13.2 Å². The maximum atomic E-state index is 12.9. The summed E-state index contributed by atoms with van der Waals surface area (Å²) in [5.41, 5.74) is -1.03. The molecule has 2 nitrogen and oxygen atoms in total. The van der Waals surface area contributed by atoms with Crippen LogP contribution in [-0.2, 0) is 0 Å². The largest absolute Gasteiger partial charge is 0.489 e. The monoisotopic (exact) mass is 387 g/mol. The van der Waals surface area contributed by atoms with Crippen LogP contribution in [0, 0.1) is 0 Å². The topological polar surface area (TPSA) is 21.6 Å². The number of para-hydroxylation sites is 1. The summed E-state index contributed by atoms with van der Waals surface area (Å²) < 4.78 is 47.2. The molecule has 0 aliphatic heterocycles. The molecule has 0 N–H and O–H groups in total. The Balaban J connectivity index is 3.20. The summed E-state index contributed by atoms with van der Waals surface area (Å²) in [6.07, 6.45) is -3.06. The summed E-state index contributed by atoms with van der Waals surface area (Å²) in [7, 11) is 0.726. The summed E-state index contributed by atoms with van der Waals surface area (Å²) in [6.45, 7) is 3.59. The number of hydrogen-bond acceptors (Lipinski definition) is 3. The molecule has 1 rings (SSSR count). The van der Waals surface area contributed by atoms with Crippen LogP contribution in [0.5, 0.6) is 5.75 Å². The third-order valence-corrected chi connectivity index (χ3v) is 2.74. The highest BCUT2D eigenvalue weighted by atomic mass is 127. The van der Waals surface area contributed by atoms with Crippen LogP contribution in [0.2, 0.25) is 0 Å². The molecule has 0 atom stereocenters. The lowest BCUT2D eigenvalue weighted by atomic mass is 10.1. The molecule has 18 heavy (non-hydrogen) atoms. The molecule has 98 valence electrons. The van der Waals surface area contributed by atoms with Crippen molar-refractivity contribution in [2.75, 3.05) is 6.61 Å². The third-order valence-electron chi connectivity index (χ3n) is 1.89. The van der Waals surface area contributed by atoms with Gasteiger partial charge in [-0.25, -0.2) is 0 Å². The van der Waals surface area contributed by atoms with Crippen molar-refractivity contribution in [2.45, 2.75) is 6.18 Å². The van der Waals surface area contributed by atoms with E-state index in [1.54, 1.807) is 27.3 Å². The minimum atomic E-state index is -4.52. The van der Waals surface area contributed by atoms with Crippen molar-refractivity contribution in [1.82, 2.24) is 0 Å². The zero-order chi connectivity index (χ0) is 13.6. The van der Waals surface area contributed by atoms with Crippen LogP contribution in [0.4, 0.5) is 13.2 Å². The molecule has 0 unspecified atom stereocenters. The molecule has 0 amide bonds. The maximum absolute atomic E-state index is 12.9. The first kappa shape index (κ1) is 15.4. The Kier molecular flexibility index (Phi) is 6.00. The van der Waals surface area contributed by atoms with E-state index in [0.29, 0.717) is 0 Å². The summed E-state index contributed by atoms with van der Waals surface area (Å²) in [5, 5.41) is 0. The van der Waals surface area contributed by atoms with Gasteiger partial charge in [0.1, 0.15) is 12.4 Å². The van der Waals surface area contributed by atoms with Gasteiger partial charge in [0.05, 0.1) is 0 Å². The number of nitrogens with zero attached hydrogens (tertiary/aromatic N) is 1. The second kappa shape index (κ2) is 7.03. The first-order valence-corrected chi connectivity index (χ1v) is 8.08. The van der Waals surface area contributed by atoms with Gasteiger partial charge in [0.2, 0.25) is 0 Å². The number of alkyl halides is 3. The Bertz CT molecular complexity index is 448. The predicted octanol–water partition coefficient (Wildman–Crippen LogP) is 4.60. The molecule has 0 heterocycles. The fourth-order valence-corrected chi connectivity index (χ4v) is 2.09. The van der Waals surface area contributed by atoms with E-state index in [2.05, 4.69) is 11.0 Å². The fourth-order valence-electron chi connectivity index (χ4n) is 1.22. The normalized spacial score (nSPS) is 12.3. The molecule has 1 aromatic carbocycles. The quantitative estimate of drug-likeness (QED) is 0.319. The van der Waals surface area contributed by atoms with Crippen LogP contribution in [-0.4, -0.2) is 18.5 Å². The molecule has 0 aliphatic carbocycles. The van der Waals surface area contributed by atoms with Crippen LogP contribution < -0.4 is 4.74 Å². The van der Waals surface area contributed by atoms with Crippen molar-refractivity contribution in [1.29, 1.82) is 0 Å². The van der Waals surface area contributed by atoms with E-state index in [0.717, 1.165) is 9.12 Å². The molecule has 0 aliphatic rings. The van der Waals surface area contributed by atoms with Gasteiger partial charge in [-0.1, -0.05) is 24.8 Å². The van der Waals surface area contributed by atoms with Crippen molar-refractivity contribution in [3.63, 3.8) is 0 Å². The van der Waals surface area contributed by atoms with Crippen LogP contribution in [0.3, 0.4) is 0 Å². The van der Waals surface area contributed by atoms with Gasteiger partial charge in [0.15, 0.2) is 5.71 Å². The van der Waals surface area contributed by atoms with Crippen LogP contribution >= 0.6 is 30.3 Å². The fraction of sp³-hybridized carbons (Fsp3) is 0.182. The molecule has 0 saturated heterocycles. The van der Waals surface area contributed by atoms with Gasteiger partial charge in [0.25, 0.3) is 0 Å². The number of hydrogen-bond donors (Lipinski definition) is 0. The van der Waals surface area contributed by atoms with E-state index < -0.39 is 11.9 Å². The van der Waals surface area contributed by atoms with Crippen molar-refractivity contribution >= 4 is 36.0 Å². The zero-order valence-corrected chi connectivity index (χ0v) is 12.1. The molecule has 0 bridgehead atoms. The van der Waals surface area contributed by atoms with E-state index >= 15 is 0 Å². The lowest BCUT2D eigenvalue weighted by Crippen LogP contribution is -2.24. The Morgan fingerprint density at radius 3 is 2.67 bits per heavy atom. The highest BCUT2D eigenvalue weighted by molar-refractivity contribution is 14.2. The maximum Gasteiger partial charge on any atom is 0.434 e. The second-order valence-electron chi connectivity index (χ2n) is 3.10. The van der Waals surface area contributed by atoms with Crippen LogP contribution in [0.1, 0.15) is 5.56 Å². The molecule has 0 spiro atoms. The van der Waals surface area contributed by atoms with E-state index in [1.165, 1.54) is 24.3 Å². The Labute approximate surface area is 119 Å². The standard InChI is InChI=1S/C11H9F3INOS/c1-2-7-17-9-6-4-3-5-8(9)10(16-18-15)11(12,13)14/h2-6H,1,7H2. The number of halogens is 4. The minimum Gasteiger partial charge on any atom is -0.489 e. The van der Waals surface area contributed by atoms with Gasteiger partial charge in [-0.3, -0.25) is 0 Å². The zero-order valence-electron chi connectivity index (χ0n) is 9.08. The molecule has 0 fully saturated rings. The van der Waals surface area contributed by atoms with Crippen molar-refractivity contribution in [2.24, 2.45) is 4.40 Å². The molecular formula is C11H9F3INOS. The summed E-state index contributed by atoms with van der Waals surface area (Å²) in [6, 6.07) is 5.91. The predicted molar refractivity (Wildman–Crippen MR) is 76.3 cm³/mol. The van der Waals surface area contributed by atoms with E-state index in [4.69, 9.17) is 4.74 Å². The van der Waals surface area contributed by atoms with Crippen LogP contribution in [0.25, 0.3) is 0 Å². The molecule has 7 heteroatoms. The van der Waals surface area contributed by atoms with Crippen molar-refractivity contribution in [3.05, 3.63) is 42.5 Å². The first-order chi connectivity index (χ1) is 8.50. The third kappa shape index (κ3) is 4.20. The van der Waals surface area contributed by atoms with Gasteiger partial charge in [-0.15, -0.1) is 0 Å². The summed E-state index contributed by atoms with van der Waals surface area (Å²) >= 11 is 1.68. The average Bonchev–Trinajstić information content (AvgIpc) is 2.32.